The third-order valence-corrected chi connectivity index (χ3v) is 3.03. The Bertz CT molecular complexity index is 547. The van der Waals surface area contributed by atoms with E-state index in [-0.39, 0.29) is 11.1 Å². The molecule has 0 saturated heterocycles. The van der Waals surface area contributed by atoms with E-state index in [9.17, 15) is 10.1 Å². The van der Waals surface area contributed by atoms with Crippen LogP contribution in [-0.4, -0.2) is 4.92 Å². The van der Waals surface area contributed by atoms with Gasteiger partial charge in [-0.15, -0.1) is 11.6 Å². The highest BCUT2D eigenvalue weighted by Gasteiger charge is 2.06. The number of halogens is 1. The zero-order valence-electron chi connectivity index (χ0n) is 9.84. The summed E-state index contributed by atoms with van der Waals surface area (Å²) in [6, 6.07) is 14.4. The average molecular weight is 262 g/mol. The fourth-order valence-electron chi connectivity index (χ4n) is 1.72. The molecule has 0 N–H and O–H groups in total. The Labute approximate surface area is 110 Å². The number of hydrogen-bond donors (Lipinski definition) is 0. The number of non-ortho nitro benzene ring substituents is 1. The second-order valence-electron chi connectivity index (χ2n) is 4.04. The van der Waals surface area contributed by atoms with Crippen molar-refractivity contribution in [1.82, 2.24) is 0 Å². The highest BCUT2D eigenvalue weighted by molar-refractivity contribution is 6.20. The van der Waals surface area contributed by atoms with Crippen molar-refractivity contribution in [2.75, 3.05) is 0 Å². The van der Waals surface area contributed by atoms with Gasteiger partial charge < -0.3 is 0 Å². The molecule has 0 aliphatic carbocycles. The summed E-state index contributed by atoms with van der Waals surface area (Å²) in [4.78, 5) is 10.2. The van der Waals surface area contributed by atoms with Crippen molar-refractivity contribution >= 4 is 17.3 Å². The summed E-state index contributed by atoms with van der Waals surface area (Å²) in [5.74, 6) is 0. The summed E-state index contributed by atoms with van der Waals surface area (Å²) < 4.78 is 0. The second-order valence-corrected chi connectivity index (χ2v) is 4.70. The van der Waals surface area contributed by atoms with Gasteiger partial charge in [0, 0.05) is 12.1 Å². The van der Waals surface area contributed by atoms with Crippen molar-refractivity contribution in [2.45, 2.75) is 12.3 Å². The van der Waals surface area contributed by atoms with Gasteiger partial charge in [-0.25, -0.2) is 0 Å². The van der Waals surface area contributed by atoms with Crippen LogP contribution < -0.4 is 0 Å². The van der Waals surface area contributed by atoms with E-state index in [0.717, 1.165) is 16.7 Å². The molecule has 3 nitrogen and oxygen atoms in total. The van der Waals surface area contributed by atoms with E-state index in [1.807, 2.05) is 31.2 Å². The predicted molar refractivity (Wildman–Crippen MR) is 72.8 cm³/mol. The van der Waals surface area contributed by atoms with Gasteiger partial charge in [0.2, 0.25) is 0 Å². The van der Waals surface area contributed by atoms with Gasteiger partial charge >= 0.3 is 0 Å². The summed E-state index contributed by atoms with van der Waals surface area (Å²) in [5, 5.41) is 10.5. The molecule has 0 aliphatic rings. The Morgan fingerprint density at radius 3 is 1.83 bits per heavy atom. The predicted octanol–water partition coefficient (Wildman–Crippen LogP) is 4.56. The van der Waals surface area contributed by atoms with Crippen LogP contribution in [0.15, 0.2) is 48.5 Å². The van der Waals surface area contributed by atoms with E-state index in [4.69, 9.17) is 11.6 Å². The van der Waals surface area contributed by atoms with E-state index in [0.29, 0.717) is 0 Å². The lowest BCUT2D eigenvalue weighted by molar-refractivity contribution is -0.384. The number of alkyl halides is 1. The number of rotatable bonds is 3. The highest BCUT2D eigenvalue weighted by atomic mass is 35.5. The molecule has 0 aliphatic heterocycles. The largest absolute Gasteiger partial charge is 0.269 e. The molecule has 0 fully saturated rings. The summed E-state index contributed by atoms with van der Waals surface area (Å²) in [6.45, 7) is 1.92. The molecule has 0 saturated carbocycles. The zero-order chi connectivity index (χ0) is 13.1. The van der Waals surface area contributed by atoms with Crippen LogP contribution in [0.4, 0.5) is 5.69 Å². The lowest BCUT2D eigenvalue weighted by atomic mass is 10.0. The fraction of sp³-hybridized carbons (Fsp3) is 0.143. The SMILES string of the molecule is CC(Cl)c1ccc(-c2ccc([N+](=O)[O-])cc2)cc1. The molecule has 18 heavy (non-hydrogen) atoms. The molecular weight excluding hydrogens is 250 g/mol. The van der Waals surface area contributed by atoms with Crippen LogP contribution in [0, 0.1) is 10.1 Å². The maximum atomic E-state index is 10.6. The molecule has 4 heteroatoms. The first-order valence-electron chi connectivity index (χ1n) is 5.57. The fourth-order valence-corrected chi connectivity index (χ4v) is 1.86. The van der Waals surface area contributed by atoms with Crippen LogP contribution in [0.2, 0.25) is 0 Å². The molecule has 1 unspecified atom stereocenters. The molecule has 0 radical (unpaired) electrons. The first-order valence-corrected chi connectivity index (χ1v) is 6.00. The van der Waals surface area contributed by atoms with Crippen LogP contribution in [-0.2, 0) is 0 Å². The summed E-state index contributed by atoms with van der Waals surface area (Å²) in [6.07, 6.45) is 0. The van der Waals surface area contributed by atoms with Crippen molar-refractivity contribution in [2.24, 2.45) is 0 Å². The average Bonchev–Trinajstić information content (AvgIpc) is 2.39. The van der Waals surface area contributed by atoms with E-state index >= 15 is 0 Å². The first-order chi connectivity index (χ1) is 8.58. The van der Waals surface area contributed by atoms with Gasteiger partial charge in [0.1, 0.15) is 0 Å². The second kappa shape index (κ2) is 5.19. The summed E-state index contributed by atoms with van der Waals surface area (Å²) in [7, 11) is 0. The van der Waals surface area contributed by atoms with Gasteiger partial charge in [0.15, 0.2) is 0 Å². The van der Waals surface area contributed by atoms with Gasteiger partial charge in [-0.05, 0) is 35.7 Å². The van der Waals surface area contributed by atoms with Crippen molar-refractivity contribution < 1.29 is 4.92 Å². The van der Waals surface area contributed by atoms with Crippen molar-refractivity contribution in [3.8, 4) is 11.1 Å². The van der Waals surface area contributed by atoms with E-state index in [1.54, 1.807) is 12.1 Å². The molecule has 1 atom stereocenters. The molecule has 92 valence electrons. The number of nitro groups is 1. The van der Waals surface area contributed by atoms with Gasteiger partial charge in [0.05, 0.1) is 10.3 Å². The standard InChI is InChI=1S/C14H12ClNO2/c1-10(15)11-2-4-12(5-3-11)13-6-8-14(9-7-13)16(17)18/h2-10H,1H3. The molecule has 0 aromatic heterocycles. The van der Waals surface area contributed by atoms with Gasteiger partial charge in [-0.2, -0.15) is 0 Å². The molecule has 2 aromatic carbocycles. The quantitative estimate of drug-likeness (QED) is 0.462. The van der Waals surface area contributed by atoms with E-state index < -0.39 is 4.92 Å². The van der Waals surface area contributed by atoms with E-state index in [2.05, 4.69) is 0 Å². The van der Waals surface area contributed by atoms with Gasteiger partial charge in [-0.3, -0.25) is 10.1 Å². The zero-order valence-corrected chi connectivity index (χ0v) is 10.6. The lowest BCUT2D eigenvalue weighted by Gasteiger charge is -2.05. The van der Waals surface area contributed by atoms with Crippen molar-refractivity contribution in [3.63, 3.8) is 0 Å². The Morgan fingerprint density at radius 2 is 1.44 bits per heavy atom. The number of nitro benzene ring substituents is 1. The van der Waals surface area contributed by atoms with Crippen LogP contribution >= 0.6 is 11.6 Å². The minimum atomic E-state index is -0.401. The molecule has 0 spiro atoms. The number of nitrogens with zero attached hydrogens (tertiary/aromatic N) is 1. The molecular formula is C14H12ClNO2. The van der Waals surface area contributed by atoms with Crippen LogP contribution in [0.25, 0.3) is 11.1 Å². The third kappa shape index (κ3) is 2.68. The summed E-state index contributed by atoms with van der Waals surface area (Å²) in [5.41, 5.74) is 3.13. The maximum Gasteiger partial charge on any atom is 0.269 e. The molecule has 2 aromatic rings. The molecule has 0 bridgehead atoms. The minimum absolute atomic E-state index is 0.0177. The Morgan fingerprint density at radius 1 is 1.00 bits per heavy atom. The number of benzene rings is 2. The van der Waals surface area contributed by atoms with E-state index in [1.165, 1.54) is 12.1 Å². The van der Waals surface area contributed by atoms with Crippen LogP contribution in [0.3, 0.4) is 0 Å². The Balaban J connectivity index is 2.28. The van der Waals surface area contributed by atoms with Crippen molar-refractivity contribution in [3.05, 3.63) is 64.2 Å². The topological polar surface area (TPSA) is 43.1 Å². The Kier molecular flexibility index (Phi) is 3.63. The smallest absolute Gasteiger partial charge is 0.258 e. The minimum Gasteiger partial charge on any atom is -0.258 e. The first kappa shape index (κ1) is 12.6. The van der Waals surface area contributed by atoms with Gasteiger partial charge in [0.25, 0.3) is 5.69 Å². The summed E-state index contributed by atoms with van der Waals surface area (Å²) >= 11 is 5.98. The Hall–Kier alpha value is -1.87. The number of hydrogen-bond acceptors (Lipinski definition) is 2. The molecule has 2 rings (SSSR count). The highest BCUT2D eigenvalue weighted by Crippen LogP contribution is 2.25. The molecule has 0 heterocycles. The lowest BCUT2D eigenvalue weighted by Crippen LogP contribution is -1.88. The third-order valence-electron chi connectivity index (χ3n) is 2.78. The van der Waals surface area contributed by atoms with Crippen LogP contribution in [0.1, 0.15) is 17.9 Å². The van der Waals surface area contributed by atoms with Crippen LogP contribution in [0.5, 0.6) is 0 Å². The van der Waals surface area contributed by atoms with Crippen molar-refractivity contribution in [1.29, 1.82) is 0 Å². The normalized spacial score (nSPS) is 12.1. The monoisotopic (exact) mass is 261 g/mol. The van der Waals surface area contributed by atoms with Gasteiger partial charge in [-0.1, -0.05) is 24.3 Å². The maximum absolute atomic E-state index is 10.6. The molecule has 0 amide bonds.